The number of anilines is 1. The van der Waals surface area contributed by atoms with Crippen molar-refractivity contribution in [2.45, 2.75) is 13.8 Å². The molecule has 9 nitrogen and oxygen atoms in total. The van der Waals surface area contributed by atoms with Crippen molar-refractivity contribution in [1.82, 2.24) is 30.4 Å². The van der Waals surface area contributed by atoms with E-state index in [0.29, 0.717) is 17.3 Å². The van der Waals surface area contributed by atoms with Crippen LogP contribution in [0.15, 0.2) is 41.2 Å². The quantitative estimate of drug-likeness (QED) is 0.445. The molecule has 0 bridgehead atoms. The van der Waals surface area contributed by atoms with Crippen LogP contribution in [0.2, 0.25) is 0 Å². The summed E-state index contributed by atoms with van der Waals surface area (Å²) in [5.41, 5.74) is 4.19. The highest BCUT2D eigenvalue weighted by molar-refractivity contribution is 6.09. The van der Waals surface area contributed by atoms with Gasteiger partial charge in [-0.15, -0.1) is 0 Å². The lowest BCUT2D eigenvalue weighted by molar-refractivity contribution is 0.102. The van der Waals surface area contributed by atoms with E-state index in [1.54, 1.807) is 32.4 Å². The van der Waals surface area contributed by atoms with Gasteiger partial charge >= 0.3 is 0 Å². The van der Waals surface area contributed by atoms with E-state index in [-0.39, 0.29) is 11.6 Å². The van der Waals surface area contributed by atoms with Crippen LogP contribution >= 0.6 is 0 Å². The lowest BCUT2D eigenvalue weighted by atomic mass is 10.0. The Morgan fingerprint density at radius 1 is 1.04 bits per heavy atom. The third-order valence-corrected chi connectivity index (χ3v) is 4.55. The van der Waals surface area contributed by atoms with Crippen molar-refractivity contribution in [2.75, 3.05) is 5.32 Å². The van der Waals surface area contributed by atoms with Gasteiger partial charge in [0.1, 0.15) is 5.76 Å². The maximum Gasteiger partial charge on any atom is 0.277 e. The number of aryl methyl sites for hydroxylation is 2. The molecule has 0 atom stereocenters. The Hall–Kier alpha value is -4.01. The van der Waals surface area contributed by atoms with Gasteiger partial charge in [-0.2, -0.15) is 10.2 Å². The zero-order valence-electron chi connectivity index (χ0n) is 15.1. The molecule has 1 aromatic carbocycles. The summed E-state index contributed by atoms with van der Waals surface area (Å²) >= 11 is 0. The number of amides is 1. The van der Waals surface area contributed by atoms with Crippen molar-refractivity contribution in [3.63, 3.8) is 0 Å². The molecule has 1 amide bonds. The number of aromatic nitrogens is 6. The SMILES string of the molecule is Cc1nc(C(=O)Nc2cc(-c3cnc4[nH]ncc4c3)cc3[nH]ncc23)c(C)o1. The highest BCUT2D eigenvalue weighted by Crippen LogP contribution is 2.31. The second-order valence-electron chi connectivity index (χ2n) is 6.48. The number of nitrogens with one attached hydrogen (secondary N) is 3. The lowest BCUT2D eigenvalue weighted by Gasteiger charge is -2.09. The Bertz CT molecular complexity index is 1350. The van der Waals surface area contributed by atoms with E-state index in [4.69, 9.17) is 4.42 Å². The molecule has 0 fully saturated rings. The molecule has 0 aliphatic heterocycles. The molecule has 0 spiro atoms. The number of oxazole rings is 1. The fourth-order valence-corrected chi connectivity index (χ4v) is 3.24. The Balaban J connectivity index is 1.59. The number of rotatable bonds is 3. The summed E-state index contributed by atoms with van der Waals surface area (Å²) in [6.07, 6.45) is 5.15. The van der Waals surface area contributed by atoms with Gasteiger partial charge in [-0.05, 0) is 30.7 Å². The first-order valence-corrected chi connectivity index (χ1v) is 8.60. The van der Waals surface area contributed by atoms with Crippen LogP contribution in [0.5, 0.6) is 0 Å². The summed E-state index contributed by atoms with van der Waals surface area (Å²) in [6, 6.07) is 5.84. The minimum Gasteiger partial charge on any atom is -0.445 e. The Labute approximate surface area is 158 Å². The Morgan fingerprint density at radius 2 is 1.89 bits per heavy atom. The molecule has 0 radical (unpaired) electrons. The van der Waals surface area contributed by atoms with Crippen molar-refractivity contribution < 1.29 is 9.21 Å². The summed E-state index contributed by atoms with van der Waals surface area (Å²) in [5, 5.41) is 18.5. The molecule has 0 aliphatic carbocycles. The number of nitrogens with zero attached hydrogens (tertiary/aromatic N) is 4. The van der Waals surface area contributed by atoms with Gasteiger partial charge in [0, 0.05) is 29.5 Å². The van der Waals surface area contributed by atoms with Crippen LogP contribution in [0.4, 0.5) is 5.69 Å². The molecule has 5 rings (SSSR count). The van der Waals surface area contributed by atoms with Crippen LogP contribution in [0.3, 0.4) is 0 Å². The summed E-state index contributed by atoms with van der Waals surface area (Å²) in [6.45, 7) is 3.42. The molecule has 3 N–H and O–H groups in total. The lowest BCUT2D eigenvalue weighted by Crippen LogP contribution is -2.14. The zero-order chi connectivity index (χ0) is 19.3. The van der Waals surface area contributed by atoms with Gasteiger partial charge in [0.25, 0.3) is 5.91 Å². The van der Waals surface area contributed by atoms with E-state index in [2.05, 4.69) is 35.7 Å². The molecule has 5 aromatic rings. The van der Waals surface area contributed by atoms with Crippen molar-refractivity contribution in [3.05, 3.63) is 54.1 Å². The van der Waals surface area contributed by atoms with E-state index in [0.717, 1.165) is 33.1 Å². The van der Waals surface area contributed by atoms with Gasteiger partial charge in [0.05, 0.1) is 23.6 Å². The monoisotopic (exact) mass is 373 g/mol. The number of pyridine rings is 1. The molecule has 0 aliphatic rings. The summed E-state index contributed by atoms with van der Waals surface area (Å²) in [7, 11) is 0. The first-order valence-electron chi connectivity index (χ1n) is 8.60. The van der Waals surface area contributed by atoms with Crippen molar-refractivity contribution >= 4 is 33.5 Å². The average molecular weight is 373 g/mol. The predicted molar refractivity (Wildman–Crippen MR) is 103 cm³/mol. The van der Waals surface area contributed by atoms with E-state index in [1.165, 1.54) is 0 Å². The largest absolute Gasteiger partial charge is 0.445 e. The number of hydrogen-bond donors (Lipinski definition) is 3. The maximum absolute atomic E-state index is 12.7. The number of fused-ring (bicyclic) bond motifs is 2. The third kappa shape index (κ3) is 2.60. The fraction of sp³-hybridized carbons (Fsp3) is 0.105. The van der Waals surface area contributed by atoms with Crippen LogP contribution < -0.4 is 5.32 Å². The normalized spacial score (nSPS) is 11.4. The number of carbonyl (C=O) groups is 1. The second-order valence-corrected chi connectivity index (χ2v) is 6.48. The predicted octanol–water partition coefficient (Wildman–Crippen LogP) is 3.36. The molecule has 28 heavy (non-hydrogen) atoms. The first kappa shape index (κ1) is 16.2. The topological polar surface area (TPSA) is 125 Å². The zero-order valence-corrected chi connectivity index (χ0v) is 15.1. The van der Waals surface area contributed by atoms with Gasteiger partial charge in [0.15, 0.2) is 17.2 Å². The van der Waals surface area contributed by atoms with Gasteiger partial charge in [0.2, 0.25) is 0 Å². The number of aromatic amines is 2. The molecule has 4 aromatic heterocycles. The second kappa shape index (κ2) is 6.02. The van der Waals surface area contributed by atoms with E-state index in [1.807, 2.05) is 18.2 Å². The standard InChI is InChI=1S/C19H15N7O2/c1-9-17(23-10(2)28-9)19(27)24-15-4-11(5-16-14(15)8-22-25-16)12-3-13-7-21-26-18(13)20-6-12/h3-8H,1-2H3,(H,22,25)(H,24,27)(H,20,21,26). The van der Waals surface area contributed by atoms with Gasteiger partial charge < -0.3 is 9.73 Å². The molecule has 0 unspecified atom stereocenters. The first-order chi connectivity index (χ1) is 13.6. The Kier molecular flexibility index (Phi) is 3.48. The number of H-pyrrole nitrogens is 2. The highest BCUT2D eigenvalue weighted by atomic mass is 16.4. The van der Waals surface area contributed by atoms with E-state index >= 15 is 0 Å². The van der Waals surface area contributed by atoms with Gasteiger partial charge in [-0.3, -0.25) is 15.0 Å². The van der Waals surface area contributed by atoms with Gasteiger partial charge in [-0.1, -0.05) is 0 Å². The minimum atomic E-state index is -0.336. The Morgan fingerprint density at radius 3 is 2.71 bits per heavy atom. The van der Waals surface area contributed by atoms with Crippen molar-refractivity contribution in [3.8, 4) is 11.1 Å². The maximum atomic E-state index is 12.7. The highest BCUT2D eigenvalue weighted by Gasteiger charge is 2.18. The smallest absolute Gasteiger partial charge is 0.277 e. The van der Waals surface area contributed by atoms with Gasteiger partial charge in [-0.25, -0.2) is 9.97 Å². The van der Waals surface area contributed by atoms with E-state index in [9.17, 15) is 4.79 Å². The summed E-state index contributed by atoms with van der Waals surface area (Å²) in [5.74, 6) is 0.589. The minimum absolute atomic E-state index is 0.265. The number of hydrogen-bond acceptors (Lipinski definition) is 6. The van der Waals surface area contributed by atoms with Crippen LogP contribution in [-0.4, -0.2) is 36.3 Å². The molecular weight excluding hydrogens is 358 g/mol. The number of carbonyl (C=O) groups excluding carboxylic acids is 1. The average Bonchev–Trinajstić information content (AvgIpc) is 3.40. The molecule has 0 saturated heterocycles. The summed E-state index contributed by atoms with van der Waals surface area (Å²) < 4.78 is 5.36. The number of benzene rings is 1. The van der Waals surface area contributed by atoms with Crippen LogP contribution in [0, 0.1) is 13.8 Å². The fourth-order valence-electron chi connectivity index (χ4n) is 3.24. The van der Waals surface area contributed by atoms with Crippen LogP contribution in [0.1, 0.15) is 22.1 Å². The summed E-state index contributed by atoms with van der Waals surface area (Å²) in [4.78, 5) is 21.3. The van der Waals surface area contributed by atoms with Crippen molar-refractivity contribution in [2.24, 2.45) is 0 Å². The van der Waals surface area contributed by atoms with Crippen LogP contribution in [0.25, 0.3) is 33.1 Å². The molecule has 4 heterocycles. The molecule has 9 heteroatoms. The third-order valence-electron chi connectivity index (χ3n) is 4.55. The van der Waals surface area contributed by atoms with Crippen molar-refractivity contribution in [1.29, 1.82) is 0 Å². The van der Waals surface area contributed by atoms with Crippen LogP contribution in [-0.2, 0) is 0 Å². The molecule has 0 saturated carbocycles. The molecular formula is C19H15N7O2. The molecule has 138 valence electrons. The van der Waals surface area contributed by atoms with E-state index < -0.39 is 0 Å².